The molecule has 2 bridgehead atoms. The molecule has 0 spiro atoms. The molecule has 27 heavy (non-hydrogen) atoms. The molecule has 2 heterocycles. The van der Waals surface area contributed by atoms with E-state index in [1.54, 1.807) is 26.8 Å². The van der Waals surface area contributed by atoms with E-state index in [0.29, 0.717) is 18.4 Å². The van der Waals surface area contributed by atoms with Crippen molar-refractivity contribution in [2.75, 3.05) is 0 Å². The summed E-state index contributed by atoms with van der Waals surface area (Å²) in [5.74, 6) is -1.91. The second-order valence-corrected chi connectivity index (χ2v) is 8.66. The van der Waals surface area contributed by atoms with Gasteiger partial charge in [0.1, 0.15) is 23.4 Å². The van der Waals surface area contributed by atoms with Crippen LogP contribution in [0.15, 0.2) is 23.8 Å². The zero-order chi connectivity index (χ0) is 19.8. The van der Waals surface area contributed by atoms with Crippen molar-refractivity contribution in [3.8, 4) is 0 Å². The van der Waals surface area contributed by atoms with Gasteiger partial charge in [-0.2, -0.15) is 0 Å². The lowest BCUT2D eigenvalue weighted by Crippen LogP contribution is -2.56. The summed E-state index contributed by atoms with van der Waals surface area (Å²) in [7, 11) is 0. The van der Waals surface area contributed by atoms with Crippen LogP contribution in [0.1, 0.15) is 47.0 Å². The first-order valence-corrected chi connectivity index (χ1v) is 9.39. The van der Waals surface area contributed by atoms with E-state index in [0.717, 1.165) is 0 Å². The molecule has 148 valence electrons. The fourth-order valence-electron chi connectivity index (χ4n) is 5.37. The minimum Gasteiger partial charge on any atom is -0.458 e. The van der Waals surface area contributed by atoms with Crippen molar-refractivity contribution >= 4 is 11.9 Å². The smallest absolute Gasteiger partial charge is 0.334 e. The van der Waals surface area contributed by atoms with E-state index in [4.69, 9.17) is 19.2 Å². The van der Waals surface area contributed by atoms with Crippen LogP contribution in [0.3, 0.4) is 0 Å². The molecule has 0 radical (unpaired) electrons. The van der Waals surface area contributed by atoms with Crippen LogP contribution < -0.4 is 0 Å². The number of carbonyl (C=O) groups is 2. The molecule has 2 aliphatic carbocycles. The lowest BCUT2D eigenvalue weighted by Gasteiger charge is -2.41. The van der Waals surface area contributed by atoms with Crippen molar-refractivity contribution in [1.29, 1.82) is 0 Å². The van der Waals surface area contributed by atoms with Crippen LogP contribution in [-0.4, -0.2) is 46.1 Å². The van der Waals surface area contributed by atoms with E-state index in [2.05, 4.69) is 6.58 Å². The second-order valence-electron chi connectivity index (χ2n) is 8.66. The lowest BCUT2D eigenvalue weighted by molar-refractivity contribution is -0.394. The van der Waals surface area contributed by atoms with E-state index in [-0.39, 0.29) is 17.9 Å². The molecule has 4 fully saturated rings. The van der Waals surface area contributed by atoms with Gasteiger partial charge in [0.25, 0.3) is 0 Å². The maximum atomic E-state index is 12.4. The molecule has 7 nitrogen and oxygen atoms in total. The Morgan fingerprint density at radius 3 is 2.63 bits per heavy atom. The summed E-state index contributed by atoms with van der Waals surface area (Å²) in [5.41, 5.74) is -2.32. The van der Waals surface area contributed by atoms with Gasteiger partial charge in [-0.15, -0.1) is 0 Å². The average molecular weight is 378 g/mol. The molecule has 2 aliphatic heterocycles. The third-order valence-electron chi connectivity index (χ3n) is 7.05. The van der Waals surface area contributed by atoms with Crippen molar-refractivity contribution < 1.29 is 33.9 Å². The maximum Gasteiger partial charge on any atom is 0.334 e. The topological polar surface area (TPSA) is 91.3 Å². The molecule has 0 aromatic rings. The number of aliphatic hydroxyl groups is 1. The number of allylic oxidation sites excluding steroid dienone is 1. The predicted octanol–water partition coefficient (Wildman–Crippen LogP) is 1.99. The number of hydrogen-bond acceptors (Lipinski definition) is 7. The Bertz CT molecular complexity index is 741. The van der Waals surface area contributed by atoms with Crippen LogP contribution in [0, 0.1) is 11.8 Å². The van der Waals surface area contributed by atoms with Crippen molar-refractivity contribution in [2.24, 2.45) is 11.8 Å². The molecule has 7 heteroatoms. The van der Waals surface area contributed by atoms with Gasteiger partial charge >= 0.3 is 11.9 Å². The van der Waals surface area contributed by atoms with Gasteiger partial charge in [0, 0.05) is 17.6 Å². The van der Waals surface area contributed by atoms with Crippen molar-refractivity contribution in [1.82, 2.24) is 0 Å². The van der Waals surface area contributed by atoms with Gasteiger partial charge in [-0.3, -0.25) is 0 Å². The van der Waals surface area contributed by atoms with Gasteiger partial charge in [0.15, 0.2) is 0 Å². The molecule has 7 atom stereocenters. The summed E-state index contributed by atoms with van der Waals surface area (Å²) in [6, 6.07) is 0. The van der Waals surface area contributed by atoms with Gasteiger partial charge in [0.2, 0.25) is 0 Å². The molecule has 0 aromatic heterocycles. The number of hydrogen-bond donors (Lipinski definition) is 1. The highest BCUT2D eigenvalue weighted by atomic mass is 17.2. The summed E-state index contributed by atoms with van der Waals surface area (Å²) >= 11 is 0. The number of ether oxygens (including phenoxy) is 2. The number of esters is 2. The SMILES string of the molecule is C=C1C(=O)OC2C1C(OC(=O)C(C)=CC)CC(C)(O)C13CCC(C)(OO1)C23. The monoisotopic (exact) mass is 378 g/mol. The first-order chi connectivity index (χ1) is 12.6. The van der Waals surface area contributed by atoms with Crippen molar-refractivity contribution in [2.45, 2.75) is 76.0 Å². The molecule has 0 amide bonds. The third kappa shape index (κ3) is 2.31. The van der Waals surface area contributed by atoms with Gasteiger partial charge < -0.3 is 14.6 Å². The molecular formula is C20H26O7. The van der Waals surface area contributed by atoms with Gasteiger partial charge in [0.05, 0.1) is 17.4 Å². The van der Waals surface area contributed by atoms with E-state index < -0.39 is 46.9 Å². The zero-order valence-corrected chi connectivity index (χ0v) is 16.1. The van der Waals surface area contributed by atoms with Gasteiger partial charge in [-0.1, -0.05) is 12.7 Å². The molecule has 4 rings (SSSR count). The Labute approximate surface area is 158 Å². The third-order valence-corrected chi connectivity index (χ3v) is 7.05. The molecule has 2 saturated heterocycles. The van der Waals surface area contributed by atoms with Gasteiger partial charge in [-0.05, 0) is 40.5 Å². The second kappa shape index (κ2) is 5.65. The lowest BCUT2D eigenvalue weighted by atomic mass is 9.72. The average Bonchev–Trinajstić information content (AvgIpc) is 3.16. The number of carbonyl (C=O) groups excluding carboxylic acids is 2. The van der Waals surface area contributed by atoms with Crippen LogP contribution in [0.2, 0.25) is 0 Å². The van der Waals surface area contributed by atoms with Crippen LogP contribution in [0.4, 0.5) is 0 Å². The molecule has 1 N–H and O–H groups in total. The minimum atomic E-state index is -1.34. The highest BCUT2D eigenvalue weighted by molar-refractivity contribution is 5.91. The van der Waals surface area contributed by atoms with Crippen molar-refractivity contribution in [3.63, 3.8) is 0 Å². The van der Waals surface area contributed by atoms with E-state index >= 15 is 0 Å². The normalized spacial score (nSPS) is 48.7. The number of fused-ring (bicyclic) bond motifs is 1. The summed E-state index contributed by atoms with van der Waals surface area (Å²) < 4.78 is 11.4. The predicted molar refractivity (Wildman–Crippen MR) is 93.1 cm³/mol. The first-order valence-electron chi connectivity index (χ1n) is 9.39. The largest absolute Gasteiger partial charge is 0.458 e. The van der Waals surface area contributed by atoms with E-state index in [9.17, 15) is 14.7 Å². The molecule has 4 aliphatic rings. The summed E-state index contributed by atoms with van der Waals surface area (Å²) in [6.45, 7) is 10.9. The summed E-state index contributed by atoms with van der Waals surface area (Å²) in [5, 5.41) is 11.4. The first kappa shape index (κ1) is 18.7. The van der Waals surface area contributed by atoms with Crippen molar-refractivity contribution in [3.05, 3.63) is 23.8 Å². The van der Waals surface area contributed by atoms with Crippen LogP contribution in [0.25, 0.3) is 0 Å². The Morgan fingerprint density at radius 1 is 1.33 bits per heavy atom. The molecule has 0 aromatic carbocycles. The Hall–Kier alpha value is -1.70. The number of rotatable bonds is 2. The summed E-state index contributed by atoms with van der Waals surface area (Å²) in [4.78, 5) is 36.1. The highest BCUT2D eigenvalue weighted by Crippen LogP contribution is 2.64. The van der Waals surface area contributed by atoms with Crippen LogP contribution >= 0.6 is 0 Å². The molecule has 2 saturated carbocycles. The van der Waals surface area contributed by atoms with E-state index in [1.807, 2.05) is 6.92 Å². The van der Waals surface area contributed by atoms with Crippen LogP contribution in [-0.2, 0) is 28.8 Å². The summed E-state index contributed by atoms with van der Waals surface area (Å²) in [6.07, 6.45) is 1.64. The fourth-order valence-corrected chi connectivity index (χ4v) is 5.37. The zero-order valence-electron chi connectivity index (χ0n) is 16.1. The molecular weight excluding hydrogens is 352 g/mol. The Balaban J connectivity index is 1.79. The Morgan fingerprint density at radius 2 is 2.04 bits per heavy atom. The maximum absolute atomic E-state index is 12.4. The van der Waals surface area contributed by atoms with Gasteiger partial charge in [-0.25, -0.2) is 19.4 Å². The quantitative estimate of drug-likeness (QED) is 0.446. The van der Waals surface area contributed by atoms with E-state index in [1.165, 1.54) is 0 Å². The fraction of sp³-hybridized carbons (Fsp3) is 0.700. The Kier molecular flexibility index (Phi) is 3.91. The standard InChI is InChI=1S/C20H26O7/c1-6-10(2)16(21)24-12-9-19(5,23)20-8-7-18(4,26-27-20)15(20)14-13(12)11(3)17(22)25-14/h6,12-15,23H,3,7-9H2,1-2,4-5H3. The van der Waals surface area contributed by atoms with Crippen LogP contribution in [0.5, 0.6) is 0 Å². The highest BCUT2D eigenvalue weighted by Gasteiger charge is 2.77. The molecule has 7 unspecified atom stereocenters. The minimum absolute atomic E-state index is 0.0997.